The summed E-state index contributed by atoms with van der Waals surface area (Å²) in [5, 5.41) is 9.95. The Morgan fingerprint density at radius 2 is 1.74 bits per heavy atom. The average Bonchev–Trinajstić information content (AvgIpc) is 3.22. The highest BCUT2D eigenvalue weighted by Gasteiger charge is 2.14. The lowest BCUT2D eigenvalue weighted by Gasteiger charge is -2.18. The number of ether oxygens (including phenoxy) is 1. The van der Waals surface area contributed by atoms with Gasteiger partial charge in [0.05, 0.1) is 6.07 Å². The minimum absolute atomic E-state index is 0.0352. The highest BCUT2D eigenvalue weighted by atomic mass is 16.5. The Bertz CT molecular complexity index is 1320. The Kier molecular flexibility index (Phi) is 7.42. The topological polar surface area (TPSA) is 58.3 Å². The fourth-order valence-electron chi connectivity index (χ4n) is 3.86. The van der Waals surface area contributed by atoms with Crippen molar-refractivity contribution in [1.82, 2.24) is 9.47 Å². The molecule has 5 heteroatoms. The van der Waals surface area contributed by atoms with E-state index in [1.54, 1.807) is 11.0 Å². The van der Waals surface area contributed by atoms with Crippen LogP contribution in [0.15, 0.2) is 91.1 Å². The van der Waals surface area contributed by atoms with Gasteiger partial charge >= 0.3 is 0 Å². The Hall–Kier alpha value is -4.30. The first-order chi connectivity index (χ1) is 16.6. The van der Waals surface area contributed by atoms with Crippen molar-refractivity contribution in [2.45, 2.75) is 19.6 Å². The largest absolute Gasteiger partial charge is 0.489 e. The molecule has 0 aliphatic rings. The number of nitrogens with zero attached hydrogens (tertiary/aromatic N) is 3. The number of fused-ring (bicyclic) bond motifs is 1. The Morgan fingerprint density at radius 1 is 1.03 bits per heavy atom. The normalized spacial score (nSPS) is 10.9. The van der Waals surface area contributed by atoms with Gasteiger partial charge in [0.1, 0.15) is 18.9 Å². The number of aromatic nitrogens is 1. The second-order valence-corrected chi connectivity index (χ2v) is 8.18. The molecule has 0 aliphatic heterocycles. The third kappa shape index (κ3) is 5.73. The first kappa shape index (κ1) is 22.9. The van der Waals surface area contributed by atoms with Crippen molar-refractivity contribution in [2.75, 3.05) is 13.6 Å². The zero-order chi connectivity index (χ0) is 23.8. The average molecular weight is 450 g/mol. The van der Waals surface area contributed by atoms with Crippen molar-refractivity contribution >= 4 is 22.9 Å². The molecule has 0 aliphatic carbocycles. The first-order valence-electron chi connectivity index (χ1n) is 11.3. The van der Waals surface area contributed by atoms with Gasteiger partial charge in [0, 0.05) is 42.3 Å². The van der Waals surface area contributed by atoms with Gasteiger partial charge in [-0.05, 0) is 41.8 Å². The summed E-state index contributed by atoms with van der Waals surface area (Å²) in [6.07, 6.45) is 5.95. The molecular formula is C29H27N3O2. The number of carbonyl (C=O) groups is 1. The second-order valence-electron chi connectivity index (χ2n) is 8.18. The maximum absolute atomic E-state index is 12.9. The molecule has 0 spiro atoms. The number of carbonyl (C=O) groups excluding carboxylic acids is 1. The summed E-state index contributed by atoms with van der Waals surface area (Å²) in [5.74, 6) is 0.778. The van der Waals surface area contributed by atoms with Crippen molar-refractivity contribution in [2.24, 2.45) is 0 Å². The molecule has 0 saturated heterocycles. The molecule has 0 bridgehead atoms. The van der Waals surface area contributed by atoms with Crippen LogP contribution in [0.25, 0.3) is 17.0 Å². The molecule has 0 saturated carbocycles. The van der Waals surface area contributed by atoms with Crippen LogP contribution >= 0.6 is 0 Å². The summed E-state index contributed by atoms with van der Waals surface area (Å²) in [6.45, 7) is 1.36. The summed E-state index contributed by atoms with van der Waals surface area (Å²) in [6, 6.07) is 28.1. The Morgan fingerprint density at radius 3 is 2.44 bits per heavy atom. The van der Waals surface area contributed by atoms with Crippen molar-refractivity contribution in [3.05, 3.63) is 108 Å². The summed E-state index contributed by atoms with van der Waals surface area (Å²) in [4.78, 5) is 14.7. The van der Waals surface area contributed by atoms with Crippen LogP contribution in [0, 0.1) is 11.3 Å². The van der Waals surface area contributed by atoms with Crippen LogP contribution in [0.3, 0.4) is 0 Å². The number of allylic oxidation sites excluding steroid dienone is 1. The molecule has 1 heterocycles. The van der Waals surface area contributed by atoms with Crippen LogP contribution < -0.4 is 4.74 Å². The molecule has 4 rings (SSSR count). The number of hydrogen-bond donors (Lipinski definition) is 0. The predicted molar refractivity (Wildman–Crippen MR) is 135 cm³/mol. The van der Waals surface area contributed by atoms with E-state index in [9.17, 15) is 4.79 Å². The monoisotopic (exact) mass is 449 g/mol. The highest BCUT2D eigenvalue weighted by Crippen LogP contribution is 2.28. The molecule has 3 aromatic carbocycles. The number of nitriles is 1. The van der Waals surface area contributed by atoms with Crippen LogP contribution in [-0.2, 0) is 24.4 Å². The molecule has 0 radical (unpaired) electrons. The maximum atomic E-state index is 12.9. The van der Waals surface area contributed by atoms with E-state index in [0.29, 0.717) is 13.2 Å². The standard InChI is InChI=1S/C29H27N3O2/c1-31(18-16-23-9-4-2-5-10-23)29(33)21-32-20-25(13-8-17-30)27-19-26(14-15-28(27)32)34-22-24-11-6-3-7-12-24/h2-15,19-20H,16,18,21-22H2,1H3. The van der Waals surface area contributed by atoms with Gasteiger partial charge in [-0.25, -0.2) is 0 Å². The van der Waals surface area contributed by atoms with Crippen LogP contribution in [0.1, 0.15) is 16.7 Å². The fraction of sp³-hybridized carbons (Fsp3) is 0.172. The zero-order valence-electron chi connectivity index (χ0n) is 19.2. The zero-order valence-corrected chi connectivity index (χ0v) is 19.2. The summed E-state index contributed by atoms with van der Waals surface area (Å²) >= 11 is 0. The number of rotatable bonds is 9. The molecule has 0 unspecified atom stereocenters. The predicted octanol–water partition coefficient (Wildman–Crippen LogP) is 5.46. The second kappa shape index (κ2) is 11.0. The van der Waals surface area contributed by atoms with Gasteiger partial charge in [0.25, 0.3) is 0 Å². The molecule has 5 nitrogen and oxygen atoms in total. The molecular weight excluding hydrogens is 422 g/mol. The first-order valence-corrected chi connectivity index (χ1v) is 11.3. The minimum Gasteiger partial charge on any atom is -0.489 e. The van der Waals surface area contributed by atoms with Crippen LogP contribution in [0.5, 0.6) is 5.75 Å². The molecule has 4 aromatic rings. The van der Waals surface area contributed by atoms with Gasteiger partial charge in [-0.3, -0.25) is 4.79 Å². The van der Waals surface area contributed by atoms with Crippen LogP contribution in [0.4, 0.5) is 0 Å². The number of likely N-dealkylation sites (N-methyl/N-ethyl adjacent to an activating group) is 1. The van der Waals surface area contributed by atoms with Gasteiger partial charge in [-0.2, -0.15) is 5.26 Å². The summed E-state index contributed by atoms with van der Waals surface area (Å²) in [7, 11) is 1.84. The molecule has 34 heavy (non-hydrogen) atoms. The minimum atomic E-state index is 0.0352. The van der Waals surface area contributed by atoms with E-state index in [-0.39, 0.29) is 12.5 Å². The SMILES string of the molecule is CN(CCc1ccccc1)C(=O)Cn1cc(C=CC#N)c2cc(OCc3ccccc3)ccc21. The van der Waals surface area contributed by atoms with Crippen molar-refractivity contribution in [1.29, 1.82) is 5.26 Å². The highest BCUT2D eigenvalue weighted by molar-refractivity contribution is 5.92. The Balaban J connectivity index is 1.50. The molecule has 1 amide bonds. The van der Waals surface area contributed by atoms with Gasteiger partial charge < -0.3 is 14.2 Å². The van der Waals surface area contributed by atoms with E-state index in [4.69, 9.17) is 10.00 Å². The molecule has 1 aromatic heterocycles. The maximum Gasteiger partial charge on any atom is 0.242 e. The van der Waals surface area contributed by atoms with Gasteiger partial charge in [0.15, 0.2) is 0 Å². The quantitative estimate of drug-likeness (QED) is 0.319. The van der Waals surface area contributed by atoms with E-state index in [2.05, 4.69) is 12.1 Å². The van der Waals surface area contributed by atoms with E-state index >= 15 is 0 Å². The molecule has 170 valence electrons. The van der Waals surface area contributed by atoms with Crippen molar-refractivity contribution in [3.8, 4) is 11.8 Å². The number of amides is 1. The van der Waals surface area contributed by atoms with E-state index in [1.165, 1.54) is 11.6 Å². The van der Waals surface area contributed by atoms with E-state index in [1.807, 2.05) is 90.6 Å². The van der Waals surface area contributed by atoms with Gasteiger partial charge in [-0.1, -0.05) is 60.7 Å². The smallest absolute Gasteiger partial charge is 0.242 e. The molecule has 0 fully saturated rings. The number of benzene rings is 3. The molecule has 0 N–H and O–H groups in total. The van der Waals surface area contributed by atoms with E-state index in [0.717, 1.165) is 34.2 Å². The lowest BCUT2D eigenvalue weighted by Crippen LogP contribution is -2.31. The third-order valence-electron chi connectivity index (χ3n) is 5.78. The van der Waals surface area contributed by atoms with Crippen LogP contribution in [0.2, 0.25) is 0 Å². The van der Waals surface area contributed by atoms with Gasteiger partial charge in [-0.15, -0.1) is 0 Å². The lowest BCUT2D eigenvalue weighted by atomic mass is 10.1. The molecule has 0 atom stereocenters. The van der Waals surface area contributed by atoms with E-state index < -0.39 is 0 Å². The third-order valence-corrected chi connectivity index (χ3v) is 5.78. The summed E-state index contributed by atoms with van der Waals surface area (Å²) < 4.78 is 7.93. The van der Waals surface area contributed by atoms with Gasteiger partial charge in [0.2, 0.25) is 5.91 Å². The lowest BCUT2D eigenvalue weighted by molar-refractivity contribution is -0.130. The van der Waals surface area contributed by atoms with Crippen LogP contribution in [-0.4, -0.2) is 29.0 Å². The van der Waals surface area contributed by atoms with Crippen molar-refractivity contribution < 1.29 is 9.53 Å². The van der Waals surface area contributed by atoms with Crippen molar-refractivity contribution in [3.63, 3.8) is 0 Å². The number of hydrogen-bond acceptors (Lipinski definition) is 3. The summed E-state index contributed by atoms with van der Waals surface area (Å²) in [5.41, 5.74) is 4.10. The Labute approximate surface area is 200 Å². The fourth-order valence-corrected chi connectivity index (χ4v) is 3.86.